The Hall–Kier alpha value is -2.42. The molecule has 0 spiro atoms. The summed E-state index contributed by atoms with van der Waals surface area (Å²) in [5, 5.41) is 35.4. The van der Waals surface area contributed by atoms with Crippen LogP contribution in [0.5, 0.6) is 11.5 Å². The van der Waals surface area contributed by atoms with Crippen molar-refractivity contribution in [2.24, 2.45) is 33.6 Å². The van der Waals surface area contributed by atoms with Crippen LogP contribution in [0.2, 0.25) is 0 Å². The molecule has 8 heteroatoms. The van der Waals surface area contributed by atoms with E-state index >= 15 is 0 Å². The molecular formula is C32H43NO7. The monoisotopic (exact) mass is 553 g/mol. The molecule has 0 saturated heterocycles. The first-order valence-corrected chi connectivity index (χ1v) is 14.8. The fourth-order valence-electron chi connectivity index (χ4n) is 9.75. The van der Waals surface area contributed by atoms with Gasteiger partial charge in [0.2, 0.25) is 0 Å². The Kier molecular flexibility index (Phi) is 6.83. The summed E-state index contributed by atoms with van der Waals surface area (Å²) in [5.74, 6) is 1.18. The van der Waals surface area contributed by atoms with Gasteiger partial charge in [0.15, 0.2) is 11.5 Å². The molecule has 218 valence electrons. The quantitative estimate of drug-likeness (QED) is 0.360. The first-order chi connectivity index (χ1) is 19.1. The molecule has 5 aliphatic rings. The van der Waals surface area contributed by atoms with Crippen molar-refractivity contribution in [3.63, 3.8) is 0 Å². The highest BCUT2D eigenvalue weighted by atomic mass is 16.5. The maximum absolute atomic E-state index is 12.6. The molecule has 8 atom stereocenters. The van der Waals surface area contributed by atoms with Gasteiger partial charge in [0.1, 0.15) is 6.61 Å². The molecule has 1 aromatic rings. The zero-order valence-electron chi connectivity index (χ0n) is 23.9. The number of carbonyl (C=O) groups excluding carboxylic acids is 1. The van der Waals surface area contributed by atoms with Crippen LogP contribution in [0.25, 0.3) is 0 Å². The summed E-state index contributed by atoms with van der Waals surface area (Å²) in [5.41, 5.74) is -1.06. The molecule has 3 N–H and O–H groups in total. The molecule has 4 saturated carbocycles. The minimum atomic E-state index is -1.08. The van der Waals surface area contributed by atoms with Gasteiger partial charge in [-0.25, -0.2) is 4.79 Å². The van der Waals surface area contributed by atoms with Crippen molar-refractivity contribution < 1.29 is 34.3 Å². The summed E-state index contributed by atoms with van der Waals surface area (Å²) in [6.45, 7) is 2.90. The second-order valence-electron chi connectivity index (χ2n) is 13.1. The molecule has 4 fully saturated rings. The van der Waals surface area contributed by atoms with Gasteiger partial charge in [0.05, 0.1) is 38.1 Å². The first-order valence-electron chi connectivity index (χ1n) is 14.8. The third-order valence-electron chi connectivity index (χ3n) is 11.7. The van der Waals surface area contributed by atoms with Gasteiger partial charge in [-0.2, -0.15) is 0 Å². The van der Waals surface area contributed by atoms with E-state index in [0.29, 0.717) is 63.2 Å². The molecule has 0 bridgehead atoms. The van der Waals surface area contributed by atoms with Gasteiger partial charge < -0.3 is 29.5 Å². The lowest BCUT2D eigenvalue weighted by Crippen LogP contribution is -2.68. The van der Waals surface area contributed by atoms with Crippen molar-refractivity contribution in [2.45, 2.75) is 88.6 Å². The van der Waals surface area contributed by atoms with E-state index in [-0.39, 0.29) is 29.1 Å². The summed E-state index contributed by atoms with van der Waals surface area (Å²) < 4.78 is 16.3. The Morgan fingerprint density at radius 2 is 1.85 bits per heavy atom. The van der Waals surface area contributed by atoms with Gasteiger partial charge in [0, 0.05) is 35.1 Å². The number of aliphatic hydroxyl groups is 3. The molecule has 1 aromatic carbocycles. The predicted molar refractivity (Wildman–Crippen MR) is 149 cm³/mol. The van der Waals surface area contributed by atoms with Crippen LogP contribution in [0, 0.1) is 28.6 Å². The number of fused-ring (bicyclic) bond motifs is 5. The largest absolute Gasteiger partial charge is 0.493 e. The molecular weight excluding hydrogens is 510 g/mol. The van der Waals surface area contributed by atoms with Crippen LogP contribution in [0.15, 0.2) is 34.8 Å². The maximum Gasteiger partial charge on any atom is 0.331 e. The molecule has 0 radical (unpaired) electrons. The molecule has 1 heterocycles. The van der Waals surface area contributed by atoms with Crippen LogP contribution in [0.4, 0.5) is 0 Å². The number of hydrogen-bond acceptors (Lipinski definition) is 8. The fourth-order valence-corrected chi connectivity index (χ4v) is 9.75. The molecule has 8 nitrogen and oxygen atoms in total. The lowest BCUT2D eigenvalue weighted by Gasteiger charge is -2.65. The smallest absolute Gasteiger partial charge is 0.331 e. The Morgan fingerprint density at radius 3 is 2.58 bits per heavy atom. The number of aliphatic hydroxyl groups excluding tert-OH is 1. The van der Waals surface area contributed by atoms with Gasteiger partial charge >= 0.3 is 5.97 Å². The van der Waals surface area contributed by atoms with E-state index in [1.54, 1.807) is 20.3 Å². The number of hydrogen-bond donors (Lipinski definition) is 3. The zero-order chi connectivity index (χ0) is 28.3. The van der Waals surface area contributed by atoms with Crippen molar-refractivity contribution >= 4 is 12.2 Å². The van der Waals surface area contributed by atoms with Gasteiger partial charge in [-0.3, -0.25) is 4.99 Å². The summed E-state index contributed by atoms with van der Waals surface area (Å²) in [7, 11) is 3.23. The van der Waals surface area contributed by atoms with Crippen LogP contribution in [-0.2, 0) is 16.1 Å². The van der Waals surface area contributed by atoms with Crippen LogP contribution in [0.3, 0.4) is 0 Å². The highest BCUT2D eigenvalue weighted by molar-refractivity contribution is 5.85. The molecule has 40 heavy (non-hydrogen) atoms. The molecule has 6 rings (SSSR count). The topological polar surface area (TPSA) is 118 Å². The van der Waals surface area contributed by atoms with Crippen LogP contribution in [-0.4, -0.2) is 65.6 Å². The maximum atomic E-state index is 12.6. The van der Waals surface area contributed by atoms with Gasteiger partial charge in [-0.15, -0.1) is 0 Å². The van der Waals surface area contributed by atoms with E-state index in [0.717, 1.165) is 30.4 Å². The minimum absolute atomic E-state index is 0.00296. The van der Waals surface area contributed by atoms with Crippen molar-refractivity contribution in [2.75, 3.05) is 20.8 Å². The second-order valence-corrected chi connectivity index (χ2v) is 13.1. The van der Waals surface area contributed by atoms with Crippen LogP contribution < -0.4 is 9.47 Å². The number of ether oxygens (including phenoxy) is 3. The van der Waals surface area contributed by atoms with Crippen molar-refractivity contribution in [3.8, 4) is 11.5 Å². The number of esters is 1. The average molecular weight is 554 g/mol. The molecule has 1 aliphatic heterocycles. The summed E-state index contributed by atoms with van der Waals surface area (Å²) in [4.78, 5) is 16.8. The Balaban J connectivity index is 1.35. The lowest BCUT2D eigenvalue weighted by molar-refractivity contribution is -0.237. The fraction of sp³-hybridized carbons (Fsp3) is 0.688. The summed E-state index contributed by atoms with van der Waals surface area (Å²) >= 11 is 0. The number of para-hydroxylation sites is 1. The number of cyclic esters (lactones) is 1. The highest BCUT2D eigenvalue weighted by Gasteiger charge is 2.71. The number of methoxy groups -OCH3 is 2. The third kappa shape index (κ3) is 3.89. The van der Waals surface area contributed by atoms with Crippen molar-refractivity contribution in [1.82, 2.24) is 0 Å². The van der Waals surface area contributed by atoms with E-state index in [9.17, 15) is 20.1 Å². The highest BCUT2D eigenvalue weighted by Crippen LogP contribution is 2.70. The van der Waals surface area contributed by atoms with E-state index in [4.69, 9.17) is 19.2 Å². The lowest BCUT2D eigenvalue weighted by atomic mass is 9.41. The van der Waals surface area contributed by atoms with E-state index in [2.05, 4.69) is 6.92 Å². The minimum Gasteiger partial charge on any atom is -0.493 e. The number of rotatable bonds is 6. The number of nitrogens with zero attached hydrogens (tertiary/aromatic N) is 1. The van der Waals surface area contributed by atoms with Gasteiger partial charge in [-0.05, 0) is 80.8 Å². The van der Waals surface area contributed by atoms with E-state index in [1.165, 1.54) is 0 Å². The molecule has 4 aliphatic carbocycles. The van der Waals surface area contributed by atoms with Gasteiger partial charge in [0.25, 0.3) is 0 Å². The summed E-state index contributed by atoms with van der Waals surface area (Å²) in [6, 6.07) is 5.74. The van der Waals surface area contributed by atoms with E-state index in [1.807, 2.05) is 24.4 Å². The second kappa shape index (κ2) is 9.85. The number of carbonyl (C=O) groups is 1. The predicted octanol–water partition coefficient (Wildman–Crippen LogP) is 3.99. The Labute approximate surface area is 236 Å². The SMILES string of the molecule is COc1cccc(CN=CC23CCC(O)CC2(O)CCC2C3CCC3(C)C(C4=CC(=O)OC4)CCC23O)c1OC. The summed E-state index contributed by atoms with van der Waals surface area (Å²) in [6.07, 6.45) is 9.04. The van der Waals surface area contributed by atoms with E-state index < -0.39 is 22.7 Å². The third-order valence-corrected chi connectivity index (χ3v) is 11.7. The first kappa shape index (κ1) is 27.7. The average Bonchev–Trinajstić information content (AvgIpc) is 3.48. The van der Waals surface area contributed by atoms with Crippen molar-refractivity contribution in [3.05, 3.63) is 35.4 Å². The molecule has 0 aromatic heterocycles. The number of aliphatic imine (C=N–C) groups is 1. The van der Waals surface area contributed by atoms with Crippen LogP contribution in [0.1, 0.15) is 70.3 Å². The Morgan fingerprint density at radius 1 is 1.05 bits per heavy atom. The number of benzene rings is 1. The van der Waals surface area contributed by atoms with Crippen LogP contribution >= 0.6 is 0 Å². The molecule has 0 amide bonds. The molecule has 8 unspecified atom stereocenters. The standard InChI is InChI=1S/C32H43NO7/c1-29-11-8-24-25(32(29,37)14-10-23(29)21-15-27(35)40-18-21)9-13-31(36)16-22(34)7-12-30(24,31)19-33-17-20-5-4-6-26(38-2)28(20)39-3/h4-6,15,19,22-25,34,36-37H,7-14,16-18H2,1-3H3. The van der Waals surface area contributed by atoms with Crippen molar-refractivity contribution in [1.29, 1.82) is 0 Å². The Bertz CT molecular complexity index is 1230. The zero-order valence-corrected chi connectivity index (χ0v) is 23.9. The van der Waals surface area contributed by atoms with Gasteiger partial charge in [-0.1, -0.05) is 19.1 Å². The normalized spacial score (nSPS) is 42.5.